The first-order chi connectivity index (χ1) is 13.1. The highest BCUT2D eigenvalue weighted by atomic mass is 16.5. The van der Waals surface area contributed by atoms with Crippen LogP contribution in [0.15, 0.2) is 54.2 Å². The first-order valence-corrected chi connectivity index (χ1v) is 9.81. The van der Waals surface area contributed by atoms with E-state index in [4.69, 9.17) is 4.74 Å². The lowest BCUT2D eigenvalue weighted by atomic mass is 9.85. The molecule has 27 heavy (non-hydrogen) atoms. The van der Waals surface area contributed by atoms with Gasteiger partial charge in [0.05, 0.1) is 0 Å². The zero-order chi connectivity index (χ0) is 19.0. The fourth-order valence-electron chi connectivity index (χ4n) is 4.27. The predicted octanol–water partition coefficient (Wildman–Crippen LogP) is 6.29. The van der Waals surface area contributed by atoms with Crippen LogP contribution in [-0.4, -0.2) is 16.2 Å². The van der Waals surface area contributed by atoms with Crippen LogP contribution in [0.2, 0.25) is 0 Å². The molecule has 140 valence electrons. The fourth-order valence-corrected chi connectivity index (χ4v) is 4.27. The molecule has 0 fully saturated rings. The first-order valence-electron chi connectivity index (χ1n) is 9.81. The molecular formula is C24H27NO2. The molecule has 3 aromatic rings. The third-order valence-corrected chi connectivity index (χ3v) is 5.83. The number of hydrogen-bond donors (Lipinski definition) is 2. The van der Waals surface area contributed by atoms with Crippen molar-refractivity contribution in [1.29, 1.82) is 0 Å². The maximum absolute atomic E-state index is 9.87. The number of H-pyrrole nitrogens is 1. The normalized spacial score (nSPS) is 20.6. The topological polar surface area (TPSA) is 45.2 Å². The van der Waals surface area contributed by atoms with Gasteiger partial charge < -0.3 is 14.8 Å². The summed E-state index contributed by atoms with van der Waals surface area (Å²) < 4.78 is 6.63. The third kappa shape index (κ3) is 3.23. The number of benzene rings is 2. The van der Waals surface area contributed by atoms with Crippen LogP contribution in [0, 0.1) is 6.92 Å². The average molecular weight is 361 g/mol. The summed E-state index contributed by atoms with van der Waals surface area (Å²) in [7, 11) is 0. The molecule has 0 saturated carbocycles. The lowest BCUT2D eigenvalue weighted by Gasteiger charge is -2.27. The molecule has 4 rings (SSSR count). The van der Waals surface area contributed by atoms with Gasteiger partial charge in [-0.15, -0.1) is 0 Å². The number of ether oxygens (including phenoxy) is 1. The van der Waals surface area contributed by atoms with E-state index in [0.717, 1.165) is 36.1 Å². The second-order valence-electron chi connectivity index (χ2n) is 7.61. The molecule has 1 aliphatic heterocycles. The summed E-state index contributed by atoms with van der Waals surface area (Å²) in [6.07, 6.45) is 5.19. The van der Waals surface area contributed by atoms with Crippen molar-refractivity contribution in [2.24, 2.45) is 0 Å². The van der Waals surface area contributed by atoms with Crippen molar-refractivity contribution in [2.45, 2.75) is 52.1 Å². The van der Waals surface area contributed by atoms with Gasteiger partial charge in [-0.25, -0.2) is 0 Å². The lowest BCUT2D eigenvalue weighted by molar-refractivity contribution is 0.135. The Balaban J connectivity index is 1.72. The standard InChI is InChI=1S/C24H27NO2/c1-4-23-20(18-6-5-7-21-19(18)12-13-25-21)10-8-15(2)24(27-23)17-9-11-22(26)16(3)14-17/h5-7,9,11-14,20,23,25-26H,4,8,10H2,1-3H3/t20?,23-/m0/s1. The summed E-state index contributed by atoms with van der Waals surface area (Å²) in [5.41, 5.74) is 5.77. The Kier molecular flexibility index (Phi) is 4.69. The molecule has 0 radical (unpaired) electrons. The molecule has 1 aromatic heterocycles. The van der Waals surface area contributed by atoms with E-state index >= 15 is 0 Å². The molecule has 2 aromatic carbocycles. The smallest absolute Gasteiger partial charge is 0.125 e. The number of phenolic OH excluding ortho intramolecular Hbond substituents is 1. The van der Waals surface area contributed by atoms with Gasteiger partial charge in [-0.3, -0.25) is 0 Å². The fraction of sp³-hybridized carbons (Fsp3) is 0.333. The molecule has 2 heterocycles. The van der Waals surface area contributed by atoms with E-state index in [1.54, 1.807) is 6.07 Å². The summed E-state index contributed by atoms with van der Waals surface area (Å²) in [5.74, 6) is 1.67. The molecule has 0 saturated heterocycles. The maximum Gasteiger partial charge on any atom is 0.125 e. The van der Waals surface area contributed by atoms with Gasteiger partial charge in [0, 0.05) is 28.6 Å². The minimum atomic E-state index is 0.132. The molecule has 0 bridgehead atoms. The molecule has 3 nitrogen and oxygen atoms in total. The van der Waals surface area contributed by atoms with Crippen LogP contribution in [0.3, 0.4) is 0 Å². The van der Waals surface area contributed by atoms with Crippen LogP contribution in [0.4, 0.5) is 0 Å². The molecule has 0 spiro atoms. The lowest BCUT2D eigenvalue weighted by Crippen LogP contribution is -2.20. The Bertz CT molecular complexity index is 999. The zero-order valence-electron chi connectivity index (χ0n) is 16.3. The second kappa shape index (κ2) is 7.15. The van der Waals surface area contributed by atoms with Crippen LogP contribution in [0.25, 0.3) is 16.7 Å². The zero-order valence-corrected chi connectivity index (χ0v) is 16.3. The van der Waals surface area contributed by atoms with Gasteiger partial charge in [0.15, 0.2) is 0 Å². The highest BCUT2D eigenvalue weighted by Crippen LogP contribution is 2.41. The number of hydrogen-bond acceptors (Lipinski definition) is 2. The molecule has 3 heteroatoms. The number of rotatable bonds is 3. The Morgan fingerprint density at radius 2 is 2.00 bits per heavy atom. The molecule has 0 amide bonds. The van der Waals surface area contributed by atoms with E-state index in [9.17, 15) is 5.11 Å². The van der Waals surface area contributed by atoms with E-state index in [1.165, 1.54) is 22.0 Å². The van der Waals surface area contributed by atoms with Gasteiger partial charge in [0.2, 0.25) is 0 Å². The van der Waals surface area contributed by atoms with Crippen molar-refractivity contribution in [3.63, 3.8) is 0 Å². The molecule has 1 unspecified atom stereocenters. The van der Waals surface area contributed by atoms with Crippen molar-refractivity contribution >= 4 is 16.7 Å². The van der Waals surface area contributed by atoms with Crippen LogP contribution in [-0.2, 0) is 4.74 Å². The number of aromatic hydroxyl groups is 1. The minimum absolute atomic E-state index is 0.132. The highest BCUT2D eigenvalue weighted by molar-refractivity contribution is 5.83. The third-order valence-electron chi connectivity index (χ3n) is 5.83. The van der Waals surface area contributed by atoms with Gasteiger partial charge in [-0.1, -0.05) is 19.1 Å². The number of nitrogens with one attached hydrogen (secondary N) is 1. The quantitative estimate of drug-likeness (QED) is 0.576. The summed E-state index contributed by atoms with van der Waals surface area (Å²) in [6.45, 7) is 6.30. The highest BCUT2D eigenvalue weighted by Gasteiger charge is 2.29. The number of aryl methyl sites for hydroxylation is 1. The van der Waals surface area contributed by atoms with E-state index in [-0.39, 0.29) is 6.10 Å². The van der Waals surface area contributed by atoms with E-state index in [1.807, 2.05) is 25.3 Å². The van der Waals surface area contributed by atoms with Gasteiger partial charge in [0.1, 0.15) is 17.6 Å². The SMILES string of the molecule is CC[C@@H]1OC(c2ccc(O)c(C)c2)=C(C)CCC1c1cccc2[nH]ccc12. The average Bonchev–Trinajstić information content (AvgIpc) is 3.09. The van der Waals surface area contributed by atoms with Gasteiger partial charge in [0.25, 0.3) is 0 Å². The van der Waals surface area contributed by atoms with Crippen molar-refractivity contribution in [2.75, 3.05) is 0 Å². The molecule has 1 aliphatic rings. The number of fused-ring (bicyclic) bond motifs is 1. The number of phenols is 1. The first kappa shape index (κ1) is 17.7. The number of aromatic amines is 1. The van der Waals surface area contributed by atoms with Crippen LogP contribution in [0.1, 0.15) is 55.7 Å². The largest absolute Gasteiger partial charge is 0.508 e. The summed E-state index contributed by atoms with van der Waals surface area (Å²) >= 11 is 0. The summed E-state index contributed by atoms with van der Waals surface area (Å²) in [5, 5.41) is 11.2. The van der Waals surface area contributed by atoms with Crippen LogP contribution in [0.5, 0.6) is 5.75 Å². The van der Waals surface area contributed by atoms with Gasteiger partial charge in [-0.05, 0) is 80.1 Å². The molecular weight excluding hydrogens is 334 g/mol. The number of allylic oxidation sites excluding steroid dienone is 1. The van der Waals surface area contributed by atoms with Crippen molar-refractivity contribution in [3.8, 4) is 5.75 Å². The van der Waals surface area contributed by atoms with Crippen molar-refractivity contribution < 1.29 is 9.84 Å². The van der Waals surface area contributed by atoms with Gasteiger partial charge in [-0.2, -0.15) is 0 Å². The van der Waals surface area contributed by atoms with Crippen molar-refractivity contribution in [3.05, 3.63) is 70.9 Å². The Morgan fingerprint density at radius 3 is 2.78 bits per heavy atom. The predicted molar refractivity (Wildman–Crippen MR) is 111 cm³/mol. The molecule has 2 N–H and O–H groups in total. The minimum Gasteiger partial charge on any atom is -0.508 e. The van der Waals surface area contributed by atoms with Crippen LogP contribution < -0.4 is 0 Å². The van der Waals surface area contributed by atoms with E-state index in [2.05, 4.69) is 43.1 Å². The van der Waals surface area contributed by atoms with E-state index < -0.39 is 0 Å². The monoisotopic (exact) mass is 361 g/mol. The summed E-state index contributed by atoms with van der Waals surface area (Å²) in [4.78, 5) is 3.33. The van der Waals surface area contributed by atoms with Crippen molar-refractivity contribution in [1.82, 2.24) is 4.98 Å². The van der Waals surface area contributed by atoms with E-state index in [0.29, 0.717) is 11.7 Å². The molecule has 2 atom stereocenters. The van der Waals surface area contributed by atoms with Gasteiger partial charge >= 0.3 is 0 Å². The molecule has 0 aliphatic carbocycles. The number of aromatic nitrogens is 1. The Hall–Kier alpha value is -2.68. The van der Waals surface area contributed by atoms with Crippen LogP contribution >= 0.6 is 0 Å². The summed E-state index contributed by atoms with van der Waals surface area (Å²) in [6, 6.07) is 14.4. The second-order valence-corrected chi connectivity index (χ2v) is 7.61. The Labute approximate surface area is 160 Å². The maximum atomic E-state index is 9.87. The Morgan fingerprint density at radius 1 is 1.15 bits per heavy atom.